The molecule has 1 unspecified atom stereocenters. The van der Waals surface area contributed by atoms with Crippen molar-refractivity contribution in [1.82, 2.24) is 0 Å². The lowest BCUT2D eigenvalue weighted by molar-refractivity contribution is -0.165. The van der Waals surface area contributed by atoms with E-state index in [-0.39, 0.29) is 12.7 Å². The maximum absolute atomic E-state index is 9.72. The maximum Gasteiger partial charge on any atom is 0.142 e. The fourth-order valence-electron chi connectivity index (χ4n) is 2.39. The summed E-state index contributed by atoms with van der Waals surface area (Å²) in [7, 11) is 1.62. The largest absolute Gasteiger partial charge is 0.393 e. The molecule has 1 N–H and O–H groups in total. The number of fused-ring (bicyclic) bond motifs is 1. The smallest absolute Gasteiger partial charge is 0.142 e. The van der Waals surface area contributed by atoms with Crippen LogP contribution in [0.5, 0.6) is 0 Å². The second-order valence-electron chi connectivity index (χ2n) is 4.33. The number of hydrogen-bond donors (Lipinski definition) is 1. The average molecular weight is 257 g/mol. The first-order valence-corrected chi connectivity index (χ1v) is 6.08. The number of aliphatic hydroxyl groups is 1. The summed E-state index contributed by atoms with van der Waals surface area (Å²) in [6, 6.07) is 5.68. The lowest BCUT2D eigenvalue weighted by Crippen LogP contribution is -2.48. The first-order chi connectivity index (χ1) is 8.14. The summed E-state index contributed by atoms with van der Waals surface area (Å²) in [4.78, 5) is 0. The number of methoxy groups -OCH3 is 1. The van der Waals surface area contributed by atoms with Crippen LogP contribution in [-0.4, -0.2) is 31.5 Å². The van der Waals surface area contributed by atoms with Crippen LogP contribution >= 0.6 is 11.6 Å². The standard InChI is InChI=1S/C13H17ClO3/c1-9(16-2)13(8-15)12-4-3-11(14)7-10(12)5-6-17-13/h3-4,7,9,15H,5-6,8H2,1-2H3/t9?,13-/m0/s1. The van der Waals surface area contributed by atoms with E-state index in [1.165, 1.54) is 0 Å². The van der Waals surface area contributed by atoms with Crippen LogP contribution in [0.15, 0.2) is 18.2 Å². The van der Waals surface area contributed by atoms with Crippen LogP contribution in [0.4, 0.5) is 0 Å². The van der Waals surface area contributed by atoms with Gasteiger partial charge in [0.15, 0.2) is 0 Å². The van der Waals surface area contributed by atoms with Crippen molar-refractivity contribution in [3.63, 3.8) is 0 Å². The zero-order chi connectivity index (χ0) is 12.5. The predicted octanol–water partition coefficient (Wildman–Crippen LogP) is 2.14. The third-order valence-corrected chi connectivity index (χ3v) is 3.73. The Kier molecular flexibility index (Phi) is 3.73. The first kappa shape index (κ1) is 12.8. The fraction of sp³-hybridized carbons (Fsp3) is 0.538. The molecule has 0 saturated carbocycles. The number of rotatable bonds is 3. The highest BCUT2D eigenvalue weighted by Crippen LogP contribution is 2.37. The van der Waals surface area contributed by atoms with Gasteiger partial charge in [-0.2, -0.15) is 0 Å². The molecule has 17 heavy (non-hydrogen) atoms. The topological polar surface area (TPSA) is 38.7 Å². The van der Waals surface area contributed by atoms with Crippen molar-refractivity contribution in [1.29, 1.82) is 0 Å². The van der Waals surface area contributed by atoms with Crippen molar-refractivity contribution >= 4 is 11.6 Å². The van der Waals surface area contributed by atoms with Crippen LogP contribution in [0.2, 0.25) is 5.02 Å². The molecule has 0 bridgehead atoms. The van der Waals surface area contributed by atoms with Gasteiger partial charge in [-0.05, 0) is 36.6 Å². The van der Waals surface area contributed by atoms with E-state index in [9.17, 15) is 5.11 Å². The van der Waals surface area contributed by atoms with Gasteiger partial charge in [-0.1, -0.05) is 17.7 Å². The van der Waals surface area contributed by atoms with Gasteiger partial charge in [0.05, 0.1) is 19.3 Å². The molecule has 3 nitrogen and oxygen atoms in total. The second kappa shape index (κ2) is 4.94. The molecule has 1 aliphatic rings. The molecule has 1 aromatic carbocycles. The molecule has 0 saturated heterocycles. The van der Waals surface area contributed by atoms with E-state index in [1.807, 2.05) is 25.1 Å². The van der Waals surface area contributed by atoms with Gasteiger partial charge in [-0.3, -0.25) is 0 Å². The third-order valence-electron chi connectivity index (χ3n) is 3.50. The highest BCUT2D eigenvalue weighted by molar-refractivity contribution is 6.30. The molecule has 94 valence electrons. The number of aliphatic hydroxyl groups excluding tert-OH is 1. The molecular weight excluding hydrogens is 240 g/mol. The summed E-state index contributed by atoms with van der Waals surface area (Å²) in [6.45, 7) is 2.37. The van der Waals surface area contributed by atoms with E-state index in [0.717, 1.165) is 17.5 Å². The van der Waals surface area contributed by atoms with Gasteiger partial charge in [-0.15, -0.1) is 0 Å². The van der Waals surface area contributed by atoms with Crippen molar-refractivity contribution in [2.45, 2.75) is 25.0 Å². The van der Waals surface area contributed by atoms with E-state index in [1.54, 1.807) is 7.11 Å². The van der Waals surface area contributed by atoms with Crippen molar-refractivity contribution in [3.05, 3.63) is 34.3 Å². The molecule has 1 heterocycles. The summed E-state index contributed by atoms with van der Waals surface area (Å²) >= 11 is 5.99. The maximum atomic E-state index is 9.72. The van der Waals surface area contributed by atoms with Crippen LogP contribution < -0.4 is 0 Å². The molecule has 2 rings (SSSR count). The quantitative estimate of drug-likeness (QED) is 0.901. The van der Waals surface area contributed by atoms with E-state index in [4.69, 9.17) is 21.1 Å². The van der Waals surface area contributed by atoms with Gasteiger partial charge in [-0.25, -0.2) is 0 Å². The molecule has 1 aromatic rings. The molecule has 4 heteroatoms. The van der Waals surface area contributed by atoms with Gasteiger partial charge in [0.2, 0.25) is 0 Å². The summed E-state index contributed by atoms with van der Waals surface area (Å²) in [5.74, 6) is 0. The van der Waals surface area contributed by atoms with Crippen LogP contribution in [0, 0.1) is 0 Å². The lowest BCUT2D eigenvalue weighted by Gasteiger charge is -2.41. The van der Waals surface area contributed by atoms with Crippen molar-refractivity contribution in [3.8, 4) is 0 Å². The Balaban J connectivity index is 2.51. The molecule has 1 aliphatic heterocycles. The fourth-order valence-corrected chi connectivity index (χ4v) is 2.58. The predicted molar refractivity (Wildman–Crippen MR) is 66.3 cm³/mol. The summed E-state index contributed by atoms with van der Waals surface area (Å²) in [5, 5.41) is 10.4. The van der Waals surface area contributed by atoms with Gasteiger partial charge >= 0.3 is 0 Å². The van der Waals surface area contributed by atoms with Crippen molar-refractivity contribution in [2.75, 3.05) is 20.3 Å². The minimum absolute atomic E-state index is 0.101. The van der Waals surface area contributed by atoms with Gasteiger partial charge in [0.1, 0.15) is 5.60 Å². The van der Waals surface area contributed by atoms with Crippen LogP contribution in [0.1, 0.15) is 18.1 Å². The minimum atomic E-state index is -0.771. The second-order valence-corrected chi connectivity index (χ2v) is 4.76. The Bertz CT molecular complexity index is 408. The molecule has 0 fully saturated rings. The lowest BCUT2D eigenvalue weighted by atomic mass is 9.83. The molecule has 0 amide bonds. The number of hydrogen-bond acceptors (Lipinski definition) is 3. The summed E-state index contributed by atoms with van der Waals surface area (Å²) in [6.07, 6.45) is 0.599. The number of ether oxygens (including phenoxy) is 2. The van der Waals surface area contributed by atoms with Crippen LogP contribution in [-0.2, 0) is 21.5 Å². The van der Waals surface area contributed by atoms with Crippen LogP contribution in [0.25, 0.3) is 0 Å². The van der Waals surface area contributed by atoms with Crippen molar-refractivity contribution in [2.24, 2.45) is 0 Å². The molecule has 0 aliphatic carbocycles. The van der Waals surface area contributed by atoms with Crippen LogP contribution in [0.3, 0.4) is 0 Å². The van der Waals surface area contributed by atoms with E-state index >= 15 is 0 Å². The monoisotopic (exact) mass is 256 g/mol. The molecular formula is C13H17ClO3. The van der Waals surface area contributed by atoms with E-state index in [0.29, 0.717) is 11.6 Å². The Morgan fingerprint density at radius 2 is 2.35 bits per heavy atom. The van der Waals surface area contributed by atoms with Gasteiger partial charge < -0.3 is 14.6 Å². The molecule has 0 aromatic heterocycles. The van der Waals surface area contributed by atoms with E-state index in [2.05, 4.69) is 0 Å². The normalized spacial score (nSPS) is 25.4. The summed E-state index contributed by atoms with van der Waals surface area (Å²) in [5.41, 5.74) is 1.33. The first-order valence-electron chi connectivity index (χ1n) is 5.70. The highest BCUT2D eigenvalue weighted by Gasteiger charge is 2.42. The molecule has 0 spiro atoms. The highest BCUT2D eigenvalue weighted by atomic mass is 35.5. The molecule has 2 atom stereocenters. The minimum Gasteiger partial charge on any atom is -0.393 e. The average Bonchev–Trinajstić information content (AvgIpc) is 2.36. The summed E-state index contributed by atoms with van der Waals surface area (Å²) < 4.78 is 11.2. The number of benzene rings is 1. The van der Waals surface area contributed by atoms with Gasteiger partial charge in [0.25, 0.3) is 0 Å². The van der Waals surface area contributed by atoms with Crippen molar-refractivity contribution < 1.29 is 14.6 Å². The Morgan fingerprint density at radius 3 is 3.00 bits per heavy atom. The number of halogens is 1. The van der Waals surface area contributed by atoms with Gasteiger partial charge in [0, 0.05) is 12.1 Å². The Labute approximate surface area is 106 Å². The SMILES string of the molecule is COC(C)[C@]1(CO)OCCc2cc(Cl)ccc21. The molecule has 0 radical (unpaired) electrons. The zero-order valence-corrected chi connectivity index (χ0v) is 10.8. The third kappa shape index (κ3) is 2.08. The Morgan fingerprint density at radius 1 is 1.59 bits per heavy atom. The Hall–Kier alpha value is -0.610. The zero-order valence-electron chi connectivity index (χ0n) is 10.1. The van der Waals surface area contributed by atoms with E-state index < -0.39 is 5.60 Å².